The highest BCUT2D eigenvalue weighted by Crippen LogP contribution is 2.24. The molecule has 0 aliphatic carbocycles. The number of carboxylic acids is 1. The zero-order valence-corrected chi connectivity index (χ0v) is 17.5. The van der Waals surface area contributed by atoms with Gasteiger partial charge in [-0.3, -0.25) is 4.90 Å². The number of aromatic nitrogens is 1. The third kappa shape index (κ3) is 5.67. The van der Waals surface area contributed by atoms with E-state index in [2.05, 4.69) is 4.98 Å². The Morgan fingerprint density at radius 2 is 1.73 bits per heavy atom. The molecule has 1 aromatic heterocycles. The van der Waals surface area contributed by atoms with Crippen molar-refractivity contribution >= 4 is 23.4 Å². The van der Waals surface area contributed by atoms with E-state index in [1.54, 1.807) is 0 Å². The average molecular weight is 425 g/mol. The molecule has 1 amide bonds. The van der Waals surface area contributed by atoms with Crippen LogP contribution < -0.4 is 0 Å². The molecular weight excluding hydrogens is 400 g/mol. The van der Waals surface area contributed by atoms with Crippen molar-refractivity contribution in [3.8, 4) is 10.6 Å². The topological polar surface area (TPSA) is 90.7 Å². The van der Waals surface area contributed by atoms with Crippen LogP contribution >= 0.6 is 11.3 Å². The first kappa shape index (κ1) is 21.5. The van der Waals surface area contributed by atoms with Gasteiger partial charge < -0.3 is 10.2 Å². The Labute approximate surface area is 179 Å². The lowest BCUT2D eigenvalue weighted by atomic mass is 10.0. The molecule has 7 heteroatoms. The lowest BCUT2D eigenvalue weighted by Crippen LogP contribution is -2.45. The fourth-order valence-corrected chi connectivity index (χ4v) is 4.09. The van der Waals surface area contributed by atoms with Crippen molar-refractivity contribution in [3.63, 3.8) is 0 Å². The third-order valence-electron chi connectivity index (χ3n) is 4.92. The molecule has 1 unspecified atom stereocenters. The lowest BCUT2D eigenvalue weighted by Gasteiger charge is -2.26. The minimum absolute atomic E-state index is 0.0815. The van der Waals surface area contributed by atoms with E-state index in [1.807, 2.05) is 66.9 Å². The van der Waals surface area contributed by atoms with Crippen molar-refractivity contribution in [2.24, 2.45) is 0 Å². The van der Waals surface area contributed by atoms with Crippen molar-refractivity contribution < 1.29 is 19.8 Å². The van der Waals surface area contributed by atoms with E-state index in [1.165, 1.54) is 16.9 Å². The number of hydrogen-bond acceptors (Lipinski definition) is 4. The highest BCUT2D eigenvalue weighted by Gasteiger charge is 2.29. The van der Waals surface area contributed by atoms with Gasteiger partial charge >= 0.3 is 12.1 Å². The van der Waals surface area contributed by atoms with Crippen LogP contribution in [0.4, 0.5) is 4.79 Å². The highest BCUT2D eigenvalue weighted by atomic mass is 32.1. The summed E-state index contributed by atoms with van der Waals surface area (Å²) >= 11 is 1.50. The number of carbonyl (C=O) groups is 2. The van der Waals surface area contributed by atoms with Gasteiger partial charge in [0.15, 0.2) is 0 Å². The molecule has 30 heavy (non-hydrogen) atoms. The quantitative estimate of drug-likeness (QED) is 0.518. The first-order valence-electron chi connectivity index (χ1n) is 9.72. The SMILES string of the molecule is Cc1ccc(-c2nc(CCN(C(=O)O)C(CCc3ccccc3)C(=O)O)cs2)cc1. The van der Waals surface area contributed by atoms with Gasteiger partial charge in [0.1, 0.15) is 11.0 Å². The molecule has 0 aliphatic rings. The Kier molecular flexibility index (Phi) is 7.19. The Bertz CT molecular complexity index is 986. The molecule has 2 N–H and O–H groups in total. The maximum absolute atomic E-state index is 11.8. The minimum atomic E-state index is -1.23. The van der Waals surface area contributed by atoms with Crippen LogP contribution in [0.2, 0.25) is 0 Å². The van der Waals surface area contributed by atoms with E-state index in [9.17, 15) is 19.8 Å². The van der Waals surface area contributed by atoms with Gasteiger partial charge in [0.2, 0.25) is 0 Å². The summed E-state index contributed by atoms with van der Waals surface area (Å²) in [5, 5.41) is 22.0. The van der Waals surface area contributed by atoms with Crippen LogP contribution in [-0.4, -0.2) is 44.7 Å². The fourth-order valence-electron chi connectivity index (χ4n) is 3.23. The summed E-state index contributed by atoms with van der Waals surface area (Å²) < 4.78 is 0. The van der Waals surface area contributed by atoms with E-state index in [-0.39, 0.29) is 13.0 Å². The summed E-state index contributed by atoms with van der Waals surface area (Å²) in [5.74, 6) is -1.13. The summed E-state index contributed by atoms with van der Waals surface area (Å²) in [7, 11) is 0. The molecule has 6 nitrogen and oxygen atoms in total. The van der Waals surface area contributed by atoms with Crippen LogP contribution in [0, 0.1) is 6.92 Å². The van der Waals surface area contributed by atoms with E-state index >= 15 is 0 Å². The number of aryl methyl sites for hydroxylation is 2. The minimum Gasteiger partial charge on any atom is -0.480 e. The standard InChI is InChI=1S/C23H24N2O4S/c1-16-7-10-18(11-8-16)21-24-19(15-30-21)13-14-25(23(28)29)20(22(26)27)12-9-17-5-3-2-4-6-17/h2-8,10-11,15,20H,9,12-14H2,1H3,(H,26,27)(H,28,29). The molecule has 0 spiro atoms. The summed E-state index contributed by atoms with van der Waals surface area (Å²) in [6, 6.07) is 16.4. The molecule has 0 saturated carbocycles. The van der Waals surface area contributed by atoms with E-state index in [0.717, 1.165) is 26.7 Å². The van der Waals surface area contributed by atoms with Crippen LogP contribution in [0.1, 0.15) is 23.2 Å². The van der Waals surface area contributed by atoms with Gasteiger partial charge in [0.05, 0.1) is 5.69 Å². The first-order chi connectivity index (χ1) is 14.4. The largest absolute Gasteiger partial charge is 0.480 e. The molecule has 3 rings (SSSR count). The zero-order valence-electron chi connectivity index (χ0n) is 16.7. The second-order valence-electron chi connectivity index (χ2n) is 7.11. The molecule has 0 radical (unpaired) electrons. The highest BCUT2D eigenvalue weighted by molar-refractivity contribution is 7.13. The van der Waals surface area contributed by atoms with Crippen molar-refractivity contribution in [3.05, 3.63) is 76.8 Å². The second-order valence-corrected chi connectivity index (χ2v) is 7.97. The van der Waals surface area contributed by atoms with Crippen molar-refractivity contribution in [1.29, 1.82) is 0 Å². The predicted molar refractivity (Wildman–Crippen MR) is 117 cm³/mol. The number of hydrogen-bond donors (Lipinski definition) is 2. The van der Waals surface area contributed by atoms with Gasteiger partial charge in [-0.1, -0.05) is 60.2 Å². The van der Waals surface area contributed by atoms with Crippen LogP contribution in [0.15, 0.2) is 60.0 Å². The maximum Gasteiger partial charge on any atom is 0.408 e. The van der Waals surface area contributed by atoms with Crippen molar-refractivity contribution in [2.45, 2.75) is 32.2 Å². The van der Waals surface area contributed by atoms with E-state index < -0.39 is 18.1 Å². The molecule has 2 aromatic carbocycles. The van der Waals surface area contributed by atoms with E-state index in [4.69, 9.17) is 0 Å². The first-order valence-corrected chi connectivity index (χ1v) is 10.6. The van der Waals surface area contributed by atoms with Crippen LogP contribution in [0.25, 0.3) is 10.6 Å². The number of thiazole rings is 1. The Morgan fingerprint density at radius 3 is 2.37 bits per heavy atom. The Balaban J connectivity index is 1.66. The zero-order chi connectivity index (χ0) is 21.5. The smallest absolute Gasteiger partial charge is 0.408 e. The summed E-state index contributed by atoms with van der Waals surface area (Å²) in [4.78, 5) is 29.2. The van der Waals surface area contributed by atoms with Gasteiger partial charge in [0, 0.05) is 23.9 Å². The van der Waals surface area contributed by atoms with Crippen LogP contribution in [0.3, 0.4) is 0 Å². The van der Waals surface area contributed by atoms with Gasteiger partial charge in [-0.05, 0) is 25.3 Å². The van der Waals surface area contributed by atoms with E-state index in [0.29, 0.717) is 12.8 Å². The molecule has 0 fully saturated rings. The Morgan fingerprint density at radius 1 is 1.03 bits per heavy atom. The lowest BCUT2D eigenvalue weighted by molar-refractivity contribution is -0.142. The molecule has 1 atom stereocenters. The normalized spacial score (nSPS) is 11.8. The number of benzene rings is 2. The second kappa shape index (κ2) is 10.0. The Hall–Kier alpha value is -3.19. The summed E-state index contributed by atoms with van der Waals surface area (Å²) in [6.07, 6.45) is -0.152. The molecule has 3 aromatic rings. The summed E-state index contributed by atoms with van der Waals surface area (Å²) in [6.45, 7) is 2.10. The van der Waals surface area contributed by atoms with Crippen molar-refractivity contribution in [1.82, 2.24) is 9.88 Å². The summed E-state index contributed by atoms with van der Waals surface area (Å²) in [5.41, 5.74) is 3.92. The van der Waals surface area contributed by atoms with Crippen LogP contribution in [0.5, 0.6) is 0 Å². The van der Waals surface area contributed by atoms with Gasteiger partial charge in [-0.25, -0.2) is 14.6 Å². The number of carboxylic acid groups (broad SMARTS) is 2. The van der Waals surface area contributed by atoms with Gasteiger partial charge in [-0.15, -0.1) is 11.3 Å². The molecule has 0 bridgehead atoms. The average Bonchev–Trinajstić information content (AvgIpc) is 3.20. The molecule has 0 saturated heterocycles. The number of nitrogens with zero attached hydrogens (tertiary/aromatic N) is 2. The number of rotatable bonds is 9. The molecule has 1 heterocycles. The predicted octanol–water partition coefficient (Wildman–Crippen LogP) is 4.73. The van der Waals surface area contributed by atoms with Crippen LogP contribution in [-0.2, 0) is 17.6 Å². The monoisotopic (exact) mass is 424 g/mol. The number of aliphatic carboxylic acids is 1. The molecule has 156 valence electrons. The fraction of sp³-hybridized carbons (Fsp3) is 0.261. The van der Waals surface area contributed by atoms with Gasteiger partial charge in [0.25, 0.3) is 0 Å². The number of amides is 1. The van der Waals surface area contributed by atoms with Crippen molar-refractivity contribution in [2.75, 3.05) is 6.54 Å². The molecule has 0 aliphatic heterocycles. The van der Waals surface area contributed by atoms with Gasteiger partial charge in [-0.2, -0.15) is 0 Å². The third-order valence-corrected chi connectivity index (χ3v) is 5.86. The molecular formula is C23H24N2O4S. The maximum atomic E-state index is 11.8.